The summed E-state index contributed by atoms with van der Waals surface area (Å²) in [6.07, 6.45) is 0. The summed E-state index contributed by atoms with van der Waals surface area (Å²) in [5.74, 6) is -1.84. The van der Waals surface area contributed by atoms with Crippen LogP contribution in [0.15, 0.2) is 69.2 Å². The van der Waals surface area contributed by atoms with Crippen LogP contribution in [-0.4, -0.2) is 22.0 Å². The fraction of sp³-hybridized carbons (Fsp3) is 0.208. The molecule has 2 heterocycles. The summed E-state index contributed by atoms with van der Waals surface area (Å²) >= 11 is 3.33. The summed E-state index contributed by atoms with van der Waals surface area (Å²) in [5, 5.41) is 15.0. The highest BCUT2D eigenvalue weighted by atomic mass is 79.9. The van der Waals surface area contributed by atoms with Gasteiger partial charge < -0.3 is 9.63 Å². The topological polar surface area (TPSA) is 83.6 Å². The summed E-state index contributed by atoms with van der Waals surface area (Å²) in [6, 6.07) is 12.7. The van der Waals surface area contributed by atoms with Gasteiger partial charge in [0.25, 0.3) is 5.78 Å². The molecular formula is C24H20BrFN2O4. The molecule has 0 saturated carbocycles. The second kappa shape index (κ2) is 8.02. The molecule has 1 atom stereocenters. The van der Waals surface area contributed by atoms with Gasteiger partial charge in [-0.15, -0.1) is 0 Å². The van der Waals surface area contributed by atoms with E-state index in [4.69, 9.17) is 4.52 Å². The van der Waals surface area contributed by atoms with Gasteiger partial charge in [0, 0.05) is 21.5 Å². The molecule has 0 spiro atoms. The average molecular weight is 499 g/mol. The lowest BCUT2D eigenvalue weighted by molar-refractivity contribution is -0.132. The molecule has 4 rings (SSSR count). The monoisotopic (exact) mass is 498 g/mol. The Kier molecular flexibility index (Phi) is 5.50. The molecule has 1 aromatic heterocycles. The number of carbonyl (C=O) groups is 2. The third-order valence-electron chi connectivity index (χ3n) is 5.23. The maximum Gasteiger partial charge on any atom is 0.301 e. The number of anilines is 1. The largest absolute Gasteiger partial charge is 0.507 e. The Balaban J connectivity index is 1.91. The summed E-state index contributed by atoms with van der Waals surface area (Å²) in [4.78, 5) is 27.3. The van der Waals surface area contributed by atoms with Crippen molar-refractivity contribution in [3.63, 3.8) is 0 Å². The molecule has 0 aliphatic carbocycles. The van der Waals surface area contributed by atoms with Crippen molar-refractivity contribution in [2.24, 2.45) is 0 Å². The zero-order chi connectivity index (χ0) is 23.2. The maximum atomic E-state index is 13.6. The van der Waals surface area contributed by atoms with Crippen molar-refractivity contribution >= 4 is 39.2 Å². The van der Waals surface area contributed by atoms with Crippen molar-refractivity contribution in [2.45, 2.75) is 32.2 Å². The SMILES string of the molecule is CC(C)(C)c1cc(N2C(=O)C(=O)/C(=C(/O)c3ccc(Br)cc3)[C@H]2c2ccc(F)cc2)no1. The highest BCUT2D eigenvalue weighted by Gasteiger charge is 2.48. The van der Waals surface area contributed by atoms with E-state index in [1.807, 2.05) is 20.8 Å². The van der Waals surface area contributed by atoms with Gasteiger partial charge in [0.15, 0.2) is 5.82 Å². The lowest BCUT2D eigenvalue weighted by Gasteiger charge is -2.23. The number of rotatable bonds is 3. The van der Waals surface area contributed by atoms with Crippen LogP contribution in [0.4, 0.5) is 10.2 Å². The number of hydrogen-bond acceptors (Lipinski definition) is 5. The zero-order valence-corrected chi connectivity index (χ0v) is 19.2. The van der Waals surface area contributed by atoms with E-state index >= 15 is 0 Å². The fourth-order valence-corrected chi connectivity index (χ4v) is 3.79. The number of ketones is 1. The first kappa shape index (κ1) is 22.0. The van der Waals surface area contributed by atoms with E-state index in [2.05, 4.69) is 21.1 Å². The highest BCUT2D eigenvalue weighted by molar-refractivity contribution is 9.10. The van der Waals surface area contributed by atoms with Gasteiger partial charge in [-0.3, -0.25) is 14.5 Å². The van der Waals surface area contributed by atoms with Crippen molar-refractivity contribution in [1.82, 2.24) is 5.16 Å². The van der Waals surface area contributed by atoms with E-state index in [9.17, 15) is 19.1 Å². The van der Waals surface area contributed by atoms with Crippen LogP contribution >= 0.6 is 15.9 Å². The van der Waals surface area contributed by atoms with Crippen molar-refractivity contribution in [2.75, 3.05) is 4.90 Å². The Morgan fingerprint density at radius 2 is 1.72 bits per heavy atom. The molecule has 1 fully saturated rings. The van der Waals surface area contributed by atoms with E-state index in [1.165, 1.54) is 29.2 Å². The molecule has 2 aromatic carbocycles. The molecular weight excluding hydrogens is 479 g/mol. The number of benzene rings is 2. The van der Waals surface area contributed by atoms with E-state index < -0.39 is 23.5 Å². The van der Waals surface area contributed by atoms with E-state index in [0.29, 0.717) is 16.9 Å². The number of aliphatic hydroxyl groups excluding tert-OH is 1. The van der Waals surface area contributed by atoms with E-state index in [-0.39, 0.29) is 22.6 Å². The smallest absolute Gasteiger partial charge is 0.301 e. The second-order valence-corrected chi connectivity index (χ2v) is 9.44. The lowest BCUT2D eigenvalue weighted by Crippen LogP contribution is -2.29. The minimum Gasteiger partial charge on any atom is -0.507 e. The third kappa shape index (κ3) is 3.86. The van der Waals surface area contributed by atoms with Gasteiger partial charge in [0.2, 0.25) is 0 Å². The molecule has 0 unspecified atom stereocenters. The van der Waals surface area contributed by atoms with Crippen molar-refractivity contribution in [1.29, 1.82) is 0 Å². The van der Waals surface area contributed by atoms with Crippen LogP contribution in [0, 0.1) is 5.82 Å². The lowest BCUT2D eigenvalue weighted by atomic mass is 9.93. The highest BCUT2D eigenvalue weighted by Crippen LogP contribution is 2.42. The van der Waals surface area contributed by atoms with Gasteiger partial charge >= 0.3 is 5.91 Å². The molecule has 1 aliphatic rings. The number of hydrogen-bond donors (Lipinski definition) is 1. The molecule has 8 heteroatoms. The molecule has 32 heavy (non-hydrogen) atoms. The second-order valence-electron chi connectivity index (χ2n) is 8.53. The standard InChI is InChI=1S/C24H20BrFN2O4/c1-24(2,3)17-12-18(27-32-17)28-20(13-6-10-16(26)11-7-13)19(22(30)23(28)31)21(29)14-4-8-15(25)9-5-14/h4-12,20,29H,1-3H3/b21-19+/t20-/m1/s1. The van der Waals surface area contributed by atoms with Gasteiger partial charge in [0.05, 0.1) is 11.6 Å². The van der Waals surface area contributed by atoms with Crippen LogP contribution < -0.4 is 4.90 Å². The Morgan fingerprint density at radius 3 is 2.28 bits per heavy atom. The molecule has 1 saturated heterocycles. The van der Waals surface area contributed by atoms with Gasteiger partial charge in [-0.2, -0.15) is 0 Å². The average Bonchev–Trinajstić information content (AvgIpc) is 3.32. The van der Waals surface area contributed by atoms with Crippen molar-refractivity contribution < 1.29 is 23.6 Å². The molecule has 3 aromatic rings. The summed E-state index contributed by atoms with van der Waals surface area (Å²) in [6.45, 7) is 5.78. The predicted octanol–water partition coefficient (Wildman–Crippen LogP) is 5.50. The Labute approximate surface area is 192 Å². The van der Waals surface area contributed by atoms with Crippen LogP contribution in [0.5, 0.6) is 0 Å². The van der Waals surface area contributed by atoms with Crippen LogP contribution in [-0.2, 0) is 15.0 Å². The quantitative estimate of drug-likeness (QED) is 0.292. The number of aliphatic hydroxyl groups is 1. The summed E-state index contributed by atoms with van der Waals surface area (Å²) in [5.41, 5.74) is 0.337. The zero-order valence-electron chi connectivity index (χ0n) is 17.6. The van der Waals surface area contributed by atoms with Gasteiger partial charge in [-0.05, 0) is 29.8 Å². The van der Waals surface area contributed by atoms with Gasteiger partial charge in [-0.25, -0.2) is 4.39 Å². The normalized spacial score (nSPS) is 18.4. The first-order valence-corrected chi connectivity index (χ1v) is 10.7. The Hall–Kier alpha value is -3.26. The maximum absolute atomic E-state index is 13.6. The van der Waals surface area contributed by atoms with E-state index in [0.717, 1.165) is 4.47 Å². The minimum absolute atomic E-state index is 0.107. The van der Waals surface area contributed by atoms with Crippen LogP contribution in [0.3, 0.4) is 0 Å². The van der Waals surface area contributed by atoms with Gasteiger partial charge in [-0.1, -0.05) is 66.1 Å². The minimum atomic E-state index is -1.00. The van der Waals surface area contributed by atoms with Crippen LogP contribution in [0.25, 0.3) is 5.76 Å². The number of aromatic nitrogens is 1. The molecule has 164 valence electrons. The molecule has 1 N–H and O–H groups in total. The predicted molar refractivity (Wildman–Crippen MR) is 121 cm³/mol. The first-order valence-electron chi connectivity index (χ1n) is 9.87. The first-order chi connectivity index (χ1) is 15.1. The van der Waals surface area contributed by atoms with Gasteiger partial charge in [0.1, 0.15) is 17.3 Å². The van der Waals surface area contributed by atoms with E-state index in [1.54, 1.807) is 30.3 Å². The van der Waals surface area contributed by atoms with Crippen molar-refractivity contribution in [3.8, 4) is 0 Å². The molecule has 0 radical (unpaired) electrons. The van der Waals surface area contributed by atoms with Crippen LogP contribution in [0.2, 0.25) is 0 Å². The number of nitrogens with zero attached hydrogens (tertiary/aromatic N) is 2. The molecule has 1 aliphatic heterocycles. The number of halogens is 2. The number of carbonyl (C=O) groups excluding carboxylic acids is 2. The molecule has 6 nitrogen and oxygen atoms in total. The Morgan fingerprint density at radius 1 is 1.09 bits per heavy atom. The number of amides is 1. The third-order valence-corrected chi connectivity index (χ3v) is 5.76. The molecule has 0 bridgehead atoms. The summed E-state index contributed by atoms with van der Waals surface area (Å²) < 4.78 is 19.8. The van der Waals surface area contributed by atoms with Crippen LogP contribution in [0.1, 0.15) is 43.7 Å². The van der Waals surface area contributed by atoms with Crippen molar-refractivity contribution in [3.05, 3.63) is 87.3 Å². The molecule has 1 amide bonds. The fourth-order valence-electron chi connectivity index (χ4n) is 3.53. The Bertz CT molecular complexity index is 1220. The number of Topliss-reactive ketones (excluding diaryl/α,β-unsaturated/α-hetero) is 1. The summed E-state index contributed by atoms with van der Waals surface area (Å²) in [7, 11) is 0.